The van der Waals surface area contributed by atoms with Crippen LogP contribution in [0.4, 0.5) is 30.2 Å². The van der Waals surface area contributed by atoms with Gasteiger partial charge in [0.15, 0.2) is 0 Å². The van der Waals surface area contributed by atoms with Gasteiger partial charge in [0.25, 0.3) is 26.0 Å². The van der Waals surface area contributed by atoms with Crippen LogP contribution in [-0.4, -0.2) is 29.8 Å². The van der Waals surface area contributed by atoms with Crippen molar-refractivity contribution in [2.45, 2.75) is 22.9 Å². The third-order valence-corrected chi connectivity index (χ3v) is 9.21. The van der Waals surface area contributed by atoms with Crippen LogP contribution in [0.3, 0.4) is 0 Å². The van der Waals surface area contributed by atoms with Gasteiger partial charge in [0, 0.05) is 18.4 Å². The van der Waals surface area contributed by atoms with Crippen LogP contribution < -0.4 is 14.3 Å². The van der Waals surface area contributed by atoms with Gasteiger partial charge in [-0.2, -0.15) is 13.2 Å². The number of amides is 1. The molecule has 41 heavy (non-hydrogen) atoms. The zero-order valence-corrected chi connectivity index (χ0v) is 23.3. The summed E-state index contributed by atoms with van der Waals surface area (Å²) in [6, 6.07) is 21.1. The van der Waals surface area contributed by atoms with Crippen molar-refractivity contribution in [3.05, 3.63) is 114 Å². The molecule has 0 heterocycles. The van der Waals surface area contributed by atoms with E-state index in [1.165, 1.54) is 61.6 Å². The number of nitrogens with one attached hydrogen (secondary N) is 2. The molecule has 214 valence electrons. The highest BCUT2D eigenvalue weighted by Gasteiger charge is 2.31. The number of benzene rings is 4. The zero-order valence-electron chi connectivity index (χ0n) is 21.7. The van der Waals surface area contributed by atoms with Crippen molar-refractivity contribution in [1.29, 1.82) is 0 Å². The Morgan fingerprint density at radius 1 is 0.756 bits per heavy atom. The maximum atomic E-state index is 13.2. The average molecular weight is 604 g/mol. The summed E-state index contributed by atoms with van der Waals surface area (Å²) in [5.74, 6) is -0.649. The molecular formula is C28H24F3N3O5S2. The number of carbonyl (C=O) groups is 1. The predicted molar refractivity (Wildman–Crippen MR) is 150 cm³/mol. The molecule has 0 aromatic heterocycles. The van der Waals surface area contributed by atoms with E-state index in [1.807, 2.05) is 6.92 Å². The normalized spacial score (nSPS) is 12.0. The highest BCUT2D eigenvalue weighted by atomic mass is 32.2. The maximum Gasteiger partial charge on any atom is 0.416 e. The number of aryl methyl sites for hydroxylation is 1. The van der Waals surface area contributed by atoms with Crippen molar-refractivity contribution in [3.63, 3.8) is 0 Å². The molecule has 8 nitrogen and oxygen atoms in total. The molecule has 4 rings (SSSR count). The van der Waals surface area contributed by atoms with Crippen molar-refractivity contribution >= 4 is 43.0 Å². The van der Waals surface area contributed by atoms with Gasteiger partial charge in [-0.25, -0.2) is 16.8 Å². The minimum Gasteiger partial charge on any atom is -0.322 e. The smallest absolute Gasteiger partial charge is 0.322 e. The largest absolute Gasteiger partial charge is 0.416 e. The number of nitrogens with zero attached hydrogens (tertiary/aromatic N) is 1. The van der Waals surface area contributed by atoms with Gasteiger partial charge in [-0.05, 0) is 73.7 Å². The molecular weight excluding hydrogens is 579 g/mol. The number of anilines is 3. The monoisotopic (exact) mass is 603 g/mol. The first kappa shape index (κ1) is 29.6. The molecule has 4 aromatic carbocycles. The number of rotatable bonds is 8. The summed E-state index contributed by atoms with van der Waals surface area (Å²) in [5.41, 5.74) is -0.0148. The number of carbonyl (C=O) groups excluding carboxylic acids is 1. The van der Waals surface area contributed by atoms with Crippen LogP contribution in [0, 0.1) is 6.92 Å². The number of alkyl halides is 3. The van der Waals surface area contributed by atoms with E-state index in [0.29, 0.717) is 6.07 Å². The quantitative estimate of drug-likeness (QED) is 0.261. The molecule has 0 spiro atoms. The van der Waals surface area contributed by atoms with Crippen LogP contribution >= 0.6 is 0 Å². The fourth-order valence-corrected chi connectivity index (χ4v) is 6.09. The fraction of sp³-hybridized carbons (Fsp3) is 0.107. The summed E-state index contributed by atoms with van der Waals surface area (Å²) in [4.78, 5) is 12.9. The van der Waals surface area contributed by atoms with Crippen molar-refractivity contribution < 1.29 is 34.8 Å². The Kier molecular flexibility index (Phi) is 8.13. The van der Waals surface area contributed by atoms with Gasteiger partial charge in [-0.3, -0.25) is 13.8 Å². The van der Waals surface area contributed by atoms with E-state index < -0.39 is 37.7 Å². The van der Waals surface area contributed by atoms with Gasteiger partial charge in [0.2, 0.25) is 0 Å². The Morgan fingerprint density at radius 3 is 2.00 bits per heavy atom. The molecule has 13 heteroatoms. The van der Waals surface area contributed by atoms with Crippen LogP contribution in [0.25, 0.3) is 0 Å². The van der Waals surface area contributed by atoms with Crippen LogP contribution in [0.15, 0.2) is 107 Å². The molecule has 0 radical (unpaired) electrons. The molecule has 0 aliphatic carbocycles. The summed E-state index contributed by atoms with van der Waals surface area (Å²) in [6.07, 6.45) is -4.64. The summed E-state index contributed by atoms with van der Waals surface area (Å²) in [7, 11) is -6.89. The first-order valence-corrected chi connectivity index (χ1v) is 14.9. The molecule has 0 aliphatic rings. The molecule has 0 unspecified atom stereocenters. The lowest BCUT2D eigenvalue weighted by atomic mass is 10.1. The van der Waals surface area contributed by atoms with E-state index in [9.17, 15) is 34.8 Å². The zero-order chi connectivity index (χ0) is 30.0. The third kappa shape index (κ3) is 6.69. The standard InChI is InChI=1S/C28H24F3N3O5S2/c1-19-10-14-24(15-11-19)41(38,39)34(2)26-9-4-3-8-25(26)27(35)32-21-12-16-23(17-13-21)40(36,37)33-22-7-5-6-20(18-22)28(29,30)31/h3-18,33H,1-2H3,(H,32,35). The topological polar surface area (TPSA) is 113 Å². The van der Waals surface area contributed by atoms with Gasteiger partial charge in [-0.15, -0.1) is 0 Å². The van der Waals surface area contributed by atoms with Gasteiger partial charge < -0.3 is 5.32 Å². The van der Waals surface area contributed by atoms with Crippen molar-refractivity contribution in [1.82, 2.24) is 0 Å². The highest BCUT2D eigenvalue weighted by molar-refractivity contribution is 7.93. The summed E-state index contributed by atoms with van der Waals surface area (Å²) in [6.45, 7) is 1.83. The lowest BCUT2D eigenvalue weighted by Gasteiger charge is -2.22. The summed E-state index contributed by atoms with van der Waals surface area (Å²) >= 11 is 0. The maximum absolute atomic E-state index is 13.2. The molecule has 1 amide bonds. The summed E-state index contributed by atoms with van der Waals surface area (Å²) in [5, 5.41) is 2.60. The fourth-order valence-electron chi connectivity index (χ4n) is 3.83. The number of hydrogen-bond donors (Lipinski definition) is 2. The van der Waals surface area contributed by atoms with Crippen LogP contribution in [0.2, 0.25) is 0 Å². The minimum atomic E-state index is -4.64. The number of halogens is 3. The lowest BCUT2D eigenvalue weighted by Crippen LogP contribution is -2.29. The lowest BCUT2D eigenvalue weighted by molar-refractivity contribution is -0.137. The van der Waals surface area contributed by atoms with E-state index in [2.05, 4.69) is 10.0 Å². The Labute approximate surface area is 235 Å². The van der Waals surface area contributed by atoms with Crippen molar-refractivity contribution in [2.75, 3.05) is 21.4 Å². The second-order valence-electron chi connectivity index (χ2n) is 8.97. The van der Waals surface area contributed by atoms with Gasteiger partial charge in [0.1, 0.15) is 0 Å². The Bertz CT molecular complexity index is 1790. The SMILES string of the molecule is Cc1ccc(S(=O)(=O)N(C)c2ccccc2C(=O)Nc2ccc(S(=O)(=O)Nc3cccc(C(F)(F)F)c3)cc2)cc1. The second kappa shape index (κ2) is 11.3. The van der Waals surface area contributed by atoms with Gasteiger partial charge in [-0.1, -0.05) is 35.9 Å². The molecule has 0 saturated heterocycles. The highest BCUT2D eigenvalue weighted by Crippen LogP contribution is 2.31. The Hall–Kier alpha value is -4.36. The van der Waals surface area contributed by atoms with Crippen LogP contribution in [0.1, 0.15) is 21.5 Å². The minimum absolute atomic E-state index is 0.0496. The Morgan fingerprint density at radius 2 is 1.37 bits per heavy atom. The van der Waals surface area contributed by atoms with Crippen molar-refractivity contribution in [3.8, 4) is 0 Å². The van der Waals surface area contributed by atoms with Gasteiger partial charge >= 0.3 is 6.18 Å². The van der Waals surface area contributed by atoms with E-state index in [1.54, 1.807) is 24.3 Å². The van der Waals surface area contributed by atoms with E-state index in [-0.39, 0.29) is 32.4 Å². The number of sulfonamides is 2. The Balaban J connectivity index is 1.52. The number of para-hydroxylation sites is 1. The van der Waals surface area contributed by atoms with Gasteiger partial charge in [0.05, 0.1) is 26.6 Å². The van der Waals surface area contributed by atoms with Crippen LogP contribution in [-0.2, 0) is 26.2 Å². The molecule has 0 fully saturated rings. The van der Waals surface area contributed by atoms with Crippen LogP contribution in [0.5, 0.6) is 0 Å². The first-order chi connectivity index (χ1) is 19.2. The predicted octanol–water partition coefficient (Wildman–Crippen LogP) is 5.89. The molecule has 4 aromatic rings. The second-order valence-corrected chi connectivity index (χ2v) is 12.6. The van der Waals surface area contributed by atoms with E-state index in [4.69, 9.17) is 0 Å². The average Bonchev–Trinajstić information content (AvgIpc) is 2.92. The summed E-state index contributed by atoms with van der Waals surface area (Å²) < 4.78 is 93.8. The molecule has 0 atom stereocenters. The molecule has 0 saturated carbocycles. The first-order valence-electron chi connectivity index (χ1n) is 11.9. The molecule has 2 N–H and O–H groups in total. The molecule has 0 bridgehead atoms. The van der Waals surface area contributed by atoms with Crippen molar-refractivity contribution in [2.24, 2.45) is 0 Å². The number of hydrogen-bond acceptors (Lipinski definition) is 5. The molecule has 0 aliphatic heterocycles. The van der Waals surface area contributed by atoms with E-state index >= 15 is 0 Å². The van der Waals surface area contributed by atoms with E-state index in [0.717, 1.165) is 22.0 Å². The third-order valence-electron chi connectivity index (χ3n) is 6.03.